The van der Waals surface area contributed by atoms with Crippen LogP contribution in [-0.4, -0.2) is 6.61 Å². The molecular weight excluding hydrogens is 474 g/mol. The monoisotopic (exact) mass is 528 g/mol. The Balaban J connectivity index is 1.01. The minimum absolute atomic E-state index is 0.0887. The van der Waals surface area contributed by atoms with E-state index in [1.807, 2.05) is 6.92 Å². The molecule has 0 heterocycles. The van der Waals surface area contributed by atoms with E-state index in [9.17, 15) is 8.78 Å². The minimum Gasteiger partial charge on any atom is -0.490 e. The first-order valence-corrected chi connectivity index (χ1v) is 16.6. The molecule has 0 aromatic heterocycles. The molecule has 0 N–H and O–H groups in total. The largest absolute Gasteiger partial charge is 0.490 e. The van der Waals surface area contributed by atoms with Crippen LogP contribution in [0.4, 0.5) is 8.78 Å². The third-order valence-electron chi connectivity index (χ3n) is 11.6. The molecule has 0 aliphatic heterocycles. The van der Waals surface area contributed by atoms with Crippen molar-refractivity contribution < 1.29 is 13.5 Å². The average molecular weight is 529 g/mol. The van der Waals surface area contributed by atoms with E-state index >= 15 is 0 Å². The van der Waals surface area contributed by atoms with Crippen LogP contribution >= 0.6 is 0 Å². The number of rotatable bonds is 9. The van der Waals surface area contributed by atoms with Crippen molar-refractivity contribution in [1.29, 1.82) is 0 Å². The maximum atomic E-state index is 14.4. The van der Waals surface area contributed by atoms with Gasteiger partial charge in [-0.2, -0.15) is 4.39 Å². The summed E-state index contributed by atoms with van der Waals surface area (Å²) in [6.45, 7) is 4.86. The summed E-state index contributed by atoms with van der Waals surface area (Å²) < 4.78 is 34.5. The standard InChI is InChI=1S/C35H54F2O/c1-3-5-24-7-12-32-22-31(18-17-30(32)21-24)28-15-13-27(14-16-28)26-10-8-25(9-11-26)23-38-33-20-19-29(6-4-2)34(36)35(33)37/h19-20,24-28,30-32H,3-18,21-23H2,1-2H3. The zero-order chi connectivity index (χ0) is 26.5. The number of hydrogen-bond acceptors (Lipinski definition) is 1. The van der Waals surface area contributed by atoms with Crippen LogP contribution in [0.15, 0.2) is 12.1 Å². The fourth-order valence-corrected chi connectivity index (χ4v) is 9.39. The first-order chi connectivity index (χ1) is 18.6. The van der Waals surface area contributed by atoms with Crippen LogP contribution in [0.1, 0.15) is 129 Å². The van der Waals surface area contributed by atoms with Gasteiger partial charge in [0.15, 0.2) is 11.6 Å². The number of fused-ring (bicyclic) bond motifs is 1. The van der Waals surface area contributed by atoms with Crippen LogP contribution in [-0.2, 0) is 6.42 Å². The molecule has 0 spiro atoms. The number of hydrogen-bond donors (Lipinski definition) is 0. The summed E-state index contributed by atoms with van der Waals surface area (Å²) in [5.74, 6) is 6.00. The van der Waals surface area contributed by atoms with Gasteiger partial charge in [-0.15, -0.1) is 0 Å². The lowest BCUT2D eigenvalue weighted by molar-refractivity contribution is 0.0489. The van der Waals surface area contributed by atoms with Crippen molar-refractivity contribution in [3.05, 3.63) is 29.3 Å². The SMILES string of the molecule is CCCc1ccc(OCC2CCC(C3CCC(C4CCC5CC(CCC)CCC5C4)CC3)CC2)c(F)c1F. The Kier molecular flexibility index (Phi) is 10.1. The van der Waals surface area contributed by atoms with Crippen molar-refractivity contribution in [3.63, 3.8) is 0 Å². The van der Waals surface area contributed by atoms with Gasteiger partial charge in [-0.3, -0.25) is 0 Å². The Morgan fingerprint density at radius 3 is 1.79 bits per heavy atom. The third kappa shape index (κ3) is 6.77. The van der Waals surface area contributed by atoms with E-state index in [4.69, 9.17) is 4.74 Å². The molecule has 4 aliphatic carbocycles. The summed E-state index contributed by atoms with van der Waals surface area (Å²) in [6.07, 6.45) is 24.2. The smallest absolute Gasteiger partial charge is 0.200 e. The molecule has 1 nitrogen and oxygen atoms in total. The molecule has 1 aromatic carbocycles. The molecular formula is C35H54F2O. The molecule has 4 atom stereocenters. The van der Waals surface area contributed by atoms with Crippen LogP contribution in [0, 0.1) is 59.0 Å². The van der Waals surface area contributed by atoms with Crippen LogP contribution in [0.2, 0.25) is 0 Å². The third-order valence-corrected chi connectivity index (χ3v) is 11.6. The van der Waals surface area contributed by atoms with Crippen molar-refractivity contribution in [3.8, 4) is 5.75 Å². The summed E-state index contributed by atoms with van der Waals surface area (Å²) in [4.78, 5) is 0. The van der Waals surface area contributed by atoms with Gasteiger partial charge >= 0.3 is 0 Å². The second-order valence-corrected chi connectivity index (χ2v) is 13.9. The molecule has 5 rings (SSSR count). The average Bonchev–Trinajstić information content (AvgIpc) is 2.95. The molecule has 4 fully saturated rings. The summed E-state index contributed by atoms with van der Waals surface area (Å²) in [6, 6.07) is 3.31. The van der Waals surface area contributed by atoms with Gasteiger partial charge in [0.1, 0.15) is 0 Å². The molecule has 4 saturated carbocycles. The molecule has 38 heavy (non-hydrogen) atoms. The minimum atomic E-state index is -0.806. The molecule has 214 valence electrons. The van der Waals surface area contributed by atoms with Crippen molar-refractivity contribution in [1.82, 2.24) is 0 Å². The maximum Gasteiger partial charge on any atom is 0.200 e. The number of ether oxygens (including phenoxy) is 1. The summed E-state index contributed by atoms with van der Waals surface area (Å²) in [7, 11) is 0. The predicted molar refractivity (Wildman–Crippen MR) is 153 cm³/mol. The van der Waals surface area contributed by atoms with Crippen molar-refractivity contribution in [2.24, 2.45) is 47.3 Å². The Hall–Kier alpha value is -1.12. The van der Waals surface area contributed by atoms with Crippen LogP contribution < -0.4 is 4.74 Å². The lowest BCUT2D eigenvalue weighted by atomic mass is 9.60. The topological polar surface area (TPSA) is 9.23 Å². The molecule has 4 unspecified atom stereocenters. The van der Waals surface area contributed by atoms with E-state index in [1.54, 1.807) is 25.0 Å². The van der Waals surface area contributed by atoms with E-state index in [1.165, 1.54) is 89.9 Å². The van der Waals surface area contributed by atoms with Gasteiger partial charge in [0, 0.05) is 0 Å². The normalized spacial score (nSPS) is 36.0. The van der Waals surface area contributed by atoms with Gasteiger partial charge in [0.25, 0.3) is 0 Å². The number of halogens is 2. The molecule has 0 saturated heterocycles. The summed E-state index contributed by atoms with van der Waals surface area (Å²) >= 11 is 0. The van der Waals surface area contributed by atoms with E-state index in [0.717, 1.165) is 47.8 Å². The molecule has 0 amide bonds. The van der Waals surface area contributed by atoms with Gasteiger partial charge in [0.2, 0.25) is 5.82 Å². The van der Waals surface area contributed by atoms with Gasteiger partial charge in [-0.1, -0.05) is 45.6 Å². The molecule has 0 bridgehead atoms. The van der Waals surface area contributed by atoms with Crippen molar-refractivity contribution in [2.45, 2.75) is 129 Å². The predicted octanol–water partition coefficient (Wildman–Crippen LogP) is 10.5. The quantitative estimate of drug-likeness (QED) is 0.310. The number of benzene rings is 1. The Morgan fingerprint density at radius 2 is 1.13 bits per heavy atom. The Bertz CT molecular complexity index is 867. The Morgan fingerprint density at radius 1 is 0.605 bits per heavy atom. The fourth-order valence-electron chi connectivity index (χ4n) is 9.39. The highest BCUT2D eigenvalue weighted by Gasteiger charge is 2.39. The Labute approximate surface area is 231 Å². The summed E-state index contributed by atoms with van der Waals surface area (Å²) in [5.41, 5.74) is 0.454. The van der Waals surface area contributed by atoms with Crippen LogP contribution in [0.5, 0.6) is 5.75 Å². The highest BCUT2D eigenvalue weighted by atomic mass is 19.2. The lowest BCUT2D eigenvalue weighted by Crippen LogP contribution is -2.35. The highest BCUT2D eigenvalue weighted by Crippen LogP contribution is 2.51. The van der Waals surface area contributed by atoms with E-state index in [-0.39, 0.29) is 5.75 Å². The highest BCUT2D eigenvalue weighted by molar-refractivity contribution is 5.31. The zero-order valence-electron chi connectivity index (χ0n) is 24.4. The zero-order valence-corrected chi connectivity index (χ0v) is 24.4. The lowest BCUT2D eigenvalue weighted by Gasteiger charge is -2.46. The molecule has 1 aromatic rings. The number of aryl methyl sites for hydroxylation is 1. The maximum absolute atomic E-state index is 14.4. The second-order valence-electron chi connectivity index (χ2n) is 13.9. The van der Waals surface area contributed by atoms with Gasteiger partial charge in [0.05, 0.1) is 6.61 Å². The first-order valence-electron chi connectivity index (χ1n) is 16.6. The fraction of sp³-hybridized carbons (Fsp3) is 0.829. The first kappa shape index (κ1) is 28.4. The van der Waals surface area contributed by atoms with Crippen molar-refractivity contribution in [2.75, 3.05) is 6.61 Å². The molecule has 4 aliphatic rings. The van der Waals surface area contributed by atoms with Crippen LogP contribution in [0.3, 0.4) is 0 Å². The second kappa shape index (κ2) is 13.5. The van der Waals surface area contributed by atoms with Crippen LogP contribution in [0.25, 0.3) is 0 Å². The van der Waals surface area contributed by atoms with E-state index in [0.29, 0.717) is 24.5 Å². The molecule has 3 heteroatoms. The van der Waals surface area contributed by atoms with Crippen molar-refractivity contribution >= 4 is 0 Å². The van der Waals surface area contributed by atoms with Gasteiger partial charge in [-0.25, -0.2) is 4.39 Å². The molecule has 0 radical (unpaired) electrons. The van der Waals surface area contributed by atoms with E-state index < -0.39 is 11.6 Å². The summed E-state index contributed by atoms with van der Waals surface area (Å²) in [5, 5.41) is 0. The van der Waals surface area contributed by atoms with Gasteiger partial charge < -0.3 is 4.74 Å². The van der Waals surface area contributed by atoms with Gasteiger partial charge in [-0.05, 0) is 149 Å². The van der Waals surface area contributed by atoms with E-state index in [2.05, 4.69) is 6.92 Å².